The highest BCUT2D eigenvalue weighted by Crippen LogP contribution is 2.12. The topological polar surface area (TPSA) is 69.2 Å². The molecule has 1 fully saturated rings. The number of nitrogens with zero attached hydrogens (tertiary/aromatic N) is 3. The Morgan fingerprint density at radius 1 is 1.30 bits per heavy atom. The van der Waals surface area contributed by atoms with E-state index in [0.29, 0.717) is 12.6 Å². The predicted octanol–water partition coefficient (Wildman–Crippen LogP) is 2.30. The van der Waals surface area contributed by atoms with Crippen LogP contribution in [0.4, 0.5) is 10.5 Å². The molecule has 7 heteroatoms. The quantitative estimate of drug-likeness (QED) is 0.435. The zero-order valence-electron chi connectivity index (χ0n) is 16.8. The van der Waals surface area contributed by atoms with E-state index in [2.05, 4.69) is 51.8 Å². The average molecular weight is 376 g/mol. The summed E-state index contributed by atoms with van der Waals surface area (Å²) in [7, 11) is 3.90. The second-order valence-corrected chi connectivity index (χ2v) is 6.71. The Bertz CT molecular complexity index is 585. The molecule has 27 heavy (non-hydrogen) atoms. The Morgan fingerprint density at radius 3 is 2.63 bits per heavy atom. The summed E-state index contributed by atoms with van der Waals surface area (Å²) in [4.78, 5) is 20.1. The summed E-state index contributed by atoms with van der Waals surface area (Å²) in [6.45, 7) is 5.53. The van der Waals surface area contributed by atoms with Crippen molar-refractivity contribution in [3.8, 4) is 0 Å². The van der Waals surface area contributed by atoms with E-state index in [-0.39, 0.29) is 6.09 Å². The number of likely N-dealkylation sites (tertiary alicyclic amines) is 1. The van der Waals surface area contributed by atoms with Crippen LogP contribution >= 0.6 is 0 Å². The summed E-state index contributed by atoms with van der Waals surface area (Å²) in [5.41, 5.74) is 1.23. The van der Waals surface area contributed by atoms with Crippen LogP contribution in [0.15, 0.2) is 35.3 Å². The predicted molar refractivity (Wildman–Crippen MR) is 110 cm³/mol. The highest BCUT2D eigenvalue weighted by Gasteiger charge is 2.23. The first kappa shape index (κ1) is 20.9. The van der Waals surface area contributed by atoms with Crippen LogP contribution in [0.5, 0.6) is 0 Å². The van der Waals surface area contributed by atoms with Crippen molar-refractivity contribution in [1.29, 1.82) is 0 Å². The van der Waals surface area contributed by atoms with Crippen molar-refractivity contribution in [3.05, 3.63) is 30.3 Å². The van der Waals surface area contributed by atoms with E-state index in [0.717, 1.165) is 51.4 Å². The number of carbonyl (C=O) groups excluding carboxylic acids is 1. The minimum absolute atomic E-state index is 0.207. The standard InChI is InChI=1S/C20H33N5O2/c1-4-27-20(26)25-15-11-17(12-16-25)23-19(21-2)22-13-8-14-24(3)18-9-6-5-7-10-18/h5-7,9-10,17H,4,8,11-16H2,1-3H3,(H2,21,22,23). The van der Waals surface area contributed by atoms with Crippen LogP contribution in [-0.4, -0.2) is 69.9 Å². The Labute approximate surface area is 162 Å². The summed E-state index contributed by atoms with van der Waals surface area (Å²) in [6.07, 6.45) is 2.61. The molecule has 0 spiro atoms. The van der Waals surface area contributed by atoms with Gasteiger partial charge in [0.1, 0.15) is 0 Å². The molecular weight excluding hydrogens is 342 g/mol. The van der Waals surface area contributed by atoms with Gasteiger partial charge in [0, 0.05) is 52.0 Å². The Kier molecular flexibility index (Phi) is 8.74. The SMILES string of the molecule is CCOC(=O)N1CCC(NC(=NC)NCCCN(C)c2ccccc2)CC1. The molecule has 0 atom stereocenters. The van der Waals surface area contributed by atoms with Crippen LogP contribution in [-0.2, 0) is 4.74 Å². The molecule has 0 unspecified atom stereocenters. The third kappa shape index (κ3) is 7.00. The van der Waals surface area contributed by atoms with E-state index in [1.165, 1.54) is 5.69 Å². The fourth-order valence-corrected chi connectivity index (χ4v) is 3.14. The van der Waals surface area contributed by atoms with E-state index >= 15 is 0 Å². The lowest BCUT2D eigenvalue weighted by molar-refractivity contribution is 0.0963. The van der Waals surface area contributed by atoms with Gasteiger partial charge in [0.05, 0.1) is 6.61 Å². The molecule has 0 aliphatic carbocycles. The third-order valence-corrected chi connectivity index (χ3v) is 4.75. The van der Waals surface area contributed by atoms with Crippen molar-refractivity contribution in [1.82, 2.24) is 15.5 Å². The first-order valence-corrected chi connectivity index (χ1v) is 9.79. The zero-order valence-corrected chi connectivity index (χ0v) is 16.8. The van der Waals surface area contributed by atoms with Crippen LogP contribution in [0.1, 0.15) is 26.2 Å². The van der Waals surface area contributed by atoms with Crippen LogP contribution in [0.25, 0.3) is 0 Å². The monoisotopic (exact) mass is 375 g/mol. The van der Waals surface area contributed by atoms with Crippen molar-refractivity contribution >= 4 is 17.7 Å². The number of para-hydroxylation sites is 1. The molecular formula is C20H33N5O2. The number of ether oxygens (including phenoxy) is 1. The number of guanidine groups is 1. The molecule has 0 aromatic heterocycles. The van der Waals surface area contributed by atoms with Gasteiger partial charge in [-0.1, -0.05) is 18.2 Å². The normalized spacial score (nSPS) is 15.4. The molecule has 1 aliphatic heterocycles. The van der Waals surface area contributed by atoms with Crippen LogP contribution in [0, 0.1) is 0 Å². The summed E-state index contributed by atoms with van der Waals surface area (Å²) < 4.78 is 5.06. The molecule has 1 heterocycles. The van der Waals surface area contributed by atoms with Gasteiger partial charge < -0.3 is 25.2 Å². The second kappa shape index (κ2) is 11.3. The first-order chi connectivity index (χ1) is 13.1. The molecule has 0 radical (unpaired) electrons. The molecule has 1 aromatic rings. The number of amides is 1. The van der Waals surface area contributed by atoms with Crippen molar-refractivity contribution < 1.29 is 9.53 Å². The van der Waals surface area contributed by atoms with Gasteiger partial charge in [0.15, 0.2) is 5.96 Å². The van der Waals surface area contributed by atoms with E-state index in [1.807, 2.05) is 13.0 Å². The Balaban J connectivity index is 1.64. The third-order valence-electron chi connectivity index (χ3n) is 4.75. The van der Waals surface area contributed by atoms with Gasteiger partial charge >= 0.3 is 6.09 Å². The molecule has 7 nitrogen and oxygen atoms in total. The van der Waals surface area contributed by atoms with Crippen molar-refractivity contribution in [3.63, 3.8) is 0 Å². The highest BCUT2D eigenvalue weighted by molar-refractivity contribution is 5.80. The molecule has 1 amide bonds. The van der Waals surface area contributed by atoms with Gasteiger partial charge in [-0.05, 0) is 38.3 Å². The van der Waals surface area contributed by atoms with Gasteiger partial charge in [-0.15, -0.1) is 0 Å². The Hall–Kier alpha value is -2.44. The second-order valence-electron chi connectivity index (χ2n) is 6.71. The van der Waals surface area contributed by atoms with E-state index in [1.54, 1.807) is 11.9 Å². The van der Waals surface area contributed by atoms with E-state index < -0.39 is 0 Å². The molecule has 1 saturated heterocycles. The van der Waals surface area contributed by atoms with Gasteiger partial charge in [0.2, 0.25) is 0 Å². The summed E-state index contributed by atoms with van der Waals surface area (Å²) in [6, 6.07) is 10.7. The van der Waals surface area contributed by atoms with E-state index in [9.17, 15) is 4.79 Å². The average Bonchev–Trinajstić information content (AvgIpc) is 2.71. The summed E-state index contributed by atoms with van der Waals surface area (Å²) >= 11 is 0. The number of anilines is 1. The number of hydrogen-bond donors (Lipinski definition) is 2. The smallest absolute Gasteiger partial charge is 0.409 e. The fourth-order valence-electron chi connectivity index (χ4n) is 3.14. The van der Waals surface area contributed by atoms with Crippen molar-refractivity contribution in [2.75, 3.05) is 51.8 Å². The number of nitrogens with one attached hydrogen (secondary N) is 2. The summed E-state index contributed by atoms with van der Waals surface area (Å²) in [5.74, 6) is 0.826. The zero-order chi connectivity index (χ0) is 19.5. The minimum Gasteiger partial charge on any atom is -0.450 e. The van der Waals surface area contributed by atoms with Gasteiger partial charge in [-0.3, -0.25) is 4.99 Å². The van der Waals surface area contributed by atoms with Crippen LogP contribution in [0.2, 0.25) is 0 Å². The maximum absolute atomic E-state index is 11.8. The van der Waals surface area contributed by atoms with Crippen molar-refractivity contribution in [2.45, 2.75) is 32.2 Å². The lowest BCUT2D eigenvalue weighted by Gasteiger charge is -2.32. The van der Waals surface area contributed by atoms with Crippen molar-refractivity contribution in [2.24, 2.45) is 4.99 Å². The molecule has 1 aromatic carbocycles. The summed E-state index contributed by atoms with van der Waals surface area (Å²) in [5, 5.41) is 6.85. The number of hydrogen-bond acceptors (Lipinski definition) is 4. The largest absolute Gasteiger partial charge is 0.450 e. The van der Waals surface area contributed by atoms with Gasteiger partial charge in [0.25, 0.3) is 0 Å². The number of piperidine rings is 1. The maximum atomic E-state index is 11.8. The molecule has 0 bridgehead atoms. The Morgan fingerprint density at radius 2 is 2.00 bits per heavy atom. The van der Waals surface area contributed by atoms with Gasteiger partial charge in [-0.2, -0.15) is 0 Å². The molecule has 2 rings (SSSR count). The van der Waals surface area contributed by atoms with Gasteiger partial charge in [-0.25, -0.2) is 4.79 Å². The lowest BCUT2D eigenvalue weighted by atomic mass is 10.1. The molecule has 2 N–H and O–H groups in total. The maximum Gasteiger partial charge on any atom is 0.409 e. The lowest BCUT2D eigenvalue weighted by Crippen LogP contribution is -2.50. The fraction of sp³-hybridized carbons (Fsp3) is 0.600. The number of carbonyl (C=O) groups is 1. The number of aliphatic imine (C=N–C) groups is 1. The van der Waals surface area contributed by atoms with Crippen LogP contribution < -0.4 is 15.5 Å². The molecule has 150 valence electrons. The highest BCUT2D eigenvalue weighted by atomic mass is 16.6. The number of benzene rings is 1. The minimum atomic E-state index is -0.207. The molecule has 1 aliphatic rings. The molecule has 0 saturated carbocycles. The number of rotatable bonds is 7. The first-order valence-electron chi connectivity index (χ1n) is 9.79. The van der Waals surface area contributed by atoms with E-state index in [4.69, 9.17) is 4.74 Å². The van der Waals surface area contributed by atoms with Crippen LogP contribution in [0.3, 0.4) is 0 Å².